The Labute approximate surface area is 160 Å². The van der Waals surface area contributed by atoms with Crippen molar-refractivity contribution in [3.63, 3.8) is 0 Å². The van der Waals surface area contributed by atoms with Gasteiger partial charge in [0, 0.05) is 19.7 Å². The second-order valence-corrected chi connectivity index (χ2v) is 7.18. The summed E-state index contributed by atoms with van der Waals surface area (Å²) < 4.78 is 46.4. The first-order chi connectivity index (χ1) is 13.2. The second-order valence-electron chi connectivity index (χ2n) is 7.18. The molecule has 7 nitrogen and oxygen atoms in total. The van der Waals surface area contributed by atoms with E-state index >= 15 is 0 Å². The molecule has 10 heteroatoms. The highest BCUT2D eigenvalue weighted by molar-refractivity contribution is 5.91. The summed E-state index contributed by atoms with van der Waals surface area (Å²) in [6.07, 6.45) is -3.10. The molecule has 0 aromatic carbocycles. The fourth-order valence-electron chi connectivity index (χ4n) is 3.53. The summed E-state index contributed by atoms with van der Waals surface area (Å²) >= 11 is 0. The number of nitrogens with one attached hydrogen (secondary N) is 2. The van der Waals surface area contributed by atoms with Gasteiger partial charge in [0.25, 0.3) is 0 Å². The summed E-state index contributed by atoms with van der Waals surface area (Å²) in [6.45, 7) is 4.40. The van der Waals surface area contributed by atoms with Crippen molar-refractivity contribution in [2.24, 2.45) is 0 Å². The van der Waals surface area contributed by atoms with Crippen molar-refractivity contribution < 1.29 is 22.7 Å². The molecule has 2 N–H and O–H groups in total. The molecule has 154 valence electrons. The van der Waals surface area contributed by atoms with Crippen LogP contribution in [-0.4, -0.2) is 52.3 Å². The molecule has 0 bridgehead atoms. The van der Waals surface area contributed by atoms with Gasteiger partial charge >= 0.3 is 6.18 Å². The Bertz CT molecular complexity index is 850. The summed E-state index contributed by atoms with van der Waals surface area (Å²) in [5, 5.41) is 9.41. The van der Waals surface area contributed by atoms with Gasteiger partial charge in [0.2, 0.25) is 5.91 Å². The third-order valence-corrected chi connectivity index (χ3v) is 4.72. The minimum Gasteiger partial charge on any atom is -0.384 e. The molecule has 0 aliphatic carbocycles. The highest BCUT2D eigenvalue weighted by Gasteiger charge is 2.38. The van der Waals surface area contributed by atoms with Crippen molar-refractivity contribution in [3.8, 4) is 0 Å². The average Bonchev–Trinajstić information content (AvgIpc) is 3.25. The van der Waals surface area contributed by atoms with Gasteiger partial charge in [-0.2, -0.15) is 18.3 Å². The Morgan fingerprint density at radius 2 is 2.21 bits per heavy atom. The lowest BCUT2D eigenvalue weighted by molar-refractivity contribution is -0.136. The summed E-state index contributed by atoms with van der Waals surface area (Å²) in [4.78, 5) is 18.4. The van der Waals surface area contributed by atoms with Crippen LogP contribution < -0.4 is 5.32 Å². The zero-order valence-corrected chi connectivity index (χ0v) is 16.1. The molecule has 28 heavy (non-hydrogen) atoms. The fourth-order valence-corrected chi connectivity index (χ4v) is 3.53. The first-order valence-corrected chi connectivity index (χ1v) is 9.23. The normalized spacial score (nSPS) is 17.7. The smallest absolute Gasteiger partial charge is 0.384 e. The minimum atomic E-state index is -4.57. The number of methoxy groups -OCH3 is 1. The molecular weight excluding hydrogens is 375 g/mol. The number of amides is 1. The number of carbonyl (C=O) groups excluding carboxylic acids is 1. The van der Waals surface area contributed by atoms with E-state index in [1.165, 1.54) is 7.11 Å². The van der Waals surface area contributed by atoms with Crippen LogP contribution in [0.3, 0.4) is 0 Å². The van der Waals surface area contributed by atoms with Gasteiger partial charge in [0.15, 0.2) is 11.5 Å². The van der Waals surface area contributed by atoms with Crippen molar-refractivity contribution in [1.29, 1.82) is 0 Å². The van der Waals surface area contributed by atoms with Gasteiger partial charge in [-0.1, -0.05) is 0 Å². The average molecular weight is 399 g/mol. The number of likely N-dealkylation sites (tertiary alicyclic amines) is 1. The number of anilines is 1. The lowest BCUT2D eigenvalue weighted by Crippen LogP contribution is -2.31. The maximum Gasteiger partial charge on any atom is 0.417 e. The molecule has 0 saturated carbocycles. The molecule has 1 amide bonds. The first-order valence-electron chi connectivity index (χ1n) is 9.23. The third kappa shape index (κ3) is 4.06. The van der Waals surface area contributed by atoms with E-state index in [2.05, 4.69) is 20.5 Å². The van der Waals surface area contributed by atoms with Crippen molar-refractivity contribution in [2.45, 2.75) is 51.4 Å². The molecule has 1 atom stereocenters. The van der Waals surface area contributed by atoms with Crippen LogP contribution in [0.1, 0.15) is 50.4 Å². The van der Waals surface area contributed by atoms with Crippen LogP contribution in [-0.2, 0) is 15.7 Å². The van der Waals surface area contributed by atoms with Crippen LogP contribution in [0.15, 0.2) is 6.07 Å². The molecule has 0 radical (unpaired) electrons. The van der Waals surface area contributed by atoms with Gasteiger partial charge in [-0.3, -0.25) is 9.89 Å². The number of hydrogen-bond acceptors (Lipinski definition) is 5. The van der Waals surface area contributed by atoms with Gasteiger partial charge in [-0.25, -0.2) is 4.98 Å². The van der Waals surface area contributed by atoms with E-state index < -0.39 is 17.8 Å². The van der Waals surface area contributed by atoms with Gasteiger partial charge in [0.1, 0.15) is 0 Å². The molecule has 1 fully saturated rings. The number of ether oxygens (including phenoxy) is 1. The Morgan fingerprint density at radius 3 is 2.86 bits per heavy atom. The largest absolute Gasteiger partial charge is 0.417 e. The summed E-state index contributed by atoms with van der Waals surface area (Å²) in [7, 11) is 1.50. The molecular formula is C18H24F3N5O2. The van der Waals surface area contributed by atoms with Crippen molar-refractivity contribution in [3.05, 3.63) is 17.3 Å². The molecule has 3 heterocycles. The number of alkyl halides is 3. The van der Waals surface area contributed by atoms with Crippen LogP contribution in [0.4, 0.5) is 19.0 Å². The fraction of sp³-hybridized carbons (Fsp3) is 0.611. The number of H-pyrrole nitrogens is 1. The lowest BCUT2D eigenvalue weighted by atomic mass is 10.0. The van der Waals surface area contributed by atoms with E-state index in [-0.39, 0.29) is 47.5 Å². The molecule has 1 aliphatic rings. The number of hydrogen-bond donors (Lipinski definition) is 2. The van der Waals surface area contributed by atoms with Crippen LogP contribution in [0.25, 0.3) is 11.0 Å². The second kappa shape index (κ2) is 7.94. The molecule has 1 unspecified atom stereocenters. The Morgan fingerprint density at radius 1 is 1.46 bits per heavy atom. The number of fused-ring (bicyclic) bond motifs is 1. The zero-order chi connectivity index (χ0) is 20.5. The molecule has 2 aromatic rings. The van der Waals surface area contributed by atoms with Crippen molar-refractivity contribution >= 4 is 22.8 Å². The van der Waals surface area contributed by atoms with Crippen LogP contribution in [0, 0.1) is 0 Å². The Hall–Kier alpha value is -2.36. The maximum atomic E-state index is 13.8. The van der Waals surface area contributed by atoms with Gasteiger partial charge in [0.05, 0.1) is 35.7 Å². The quantitative estimate of drug-likeness (QED) is 0.777. The number of nitrogens with zero attached hydrogens (tertiary/aromatic N) is 3. The number of rotatable bonds is 6. The summed E-state index contributed by atoms with van der Waals surface area (Å²) in [5.74, 6) is -0.0256. The number of pyridine rings is 1. The van der Waals surface area contributed by atoms with Crippen LogP contribution >= 0.6 is 0 Å². The third-order valence-electron chi connectivity index (χ3n) is 4.72. The Kier molecular flexibility index (Phi) is 5.78. The monoisotopic (exact) mass is 399 g/mol. The van der Waals surface area contributed by atoms with Crippen molar-refractivity contribution in [2.75, 3.05) is 25.6 Å². The number of aromatic nitrogens is 3. The van der Waals surface area contributed by atoms with E-state index in [0.717, 1.165) is 6.07 Å². The summed E-state index contributed by atoms with van der Waals surface area (Å²) in [5.41, 5.74) is -0.521. The van der Waals surface area contributed by atoms with E-state index in [4.69, 9.17) is 4.74 Å². The number of aromatic amines is 1. The first kappa shape index (κ1) is 20.4. The molecule has 0 spiro atoms. The highest BCUT2D eigenvalue weighted by Crippen LogP contribution is 2.40. The predicted octanol–water partition coefficient (Wildman–Crippen LogP) is 3.50. The lowest BCUT2D eigenvalue weighted by Gasteiger charge is -2.25. The van der Waals surface area contributed by atoms with Gasteiger partial charge in [-0.05, 0) is 32.8 Å². The SMILES string of the molecule is COCCC(=O)N1CCCC1c1cc(C(F)(F)F)c2c(NC(C)C)n[nH]c2n1. The van der Waals surface area contributed by atoms with Crippen molar-refractivity contribution in [1.82, 2.24) is 20.1 Å². The summed E-state index contributed by atoms with van der Waals surface area (Å²) in [6, 6.07) is 0.478. The standard InChI is InChI=1S/C18H24F3N5O2/c1-10(2)22-16-15-11(18(19,20)21)9-12(23-17(15)25-24-16)13-5-4-7-26(13)14(27)6-8-28-3/h9-10,13H,4-8H2,1-3H3,(H2,22,23,24,25). The van der Waals surface area contributed by atoms with Crippen LogP contribution in [0.5, 0.6) is 0 Å². The van der Waals surface area contributed by atoms with Gasteiger partial charge < -0.3 is 15.0 Å². The zero-order valence-electron chi connectivity index (χ0n) is 16.1. The Balaban J connectivity index is 2.04. The van der Waals surface area contributed by atoms with E-state index in [1.807, 2.05) is 13.8 Å². The highest BCUT2D eigenvalue weighted by atomic mass is 19.4. The van der Waals surface area contributed by atoms with E-state index in [9.17, 15) is 18.0 Å². The van der Waals surface area contributed by atoms with Gasteiger partial charge in [-0.15, -0.1) is 0 Å². The van der Waals surface area contributed by atoms with Crippen LogP contribution in [0.2, 0.25) is 0 Å². The minimum absolute atomic E-state index is 0.0594. The predicted molar refractivity (Wildman–Crippen MR) is 97.8 cm³/mol. The van der Waals surface area contributed by atoms with E-state index in [0.29, 0.717) is 19.4 Å². The number of halogens is 3. The molecule has 3 rings (SSSR count). The van der Waals surface area contributed by atoms with E-state index in [1.54, 1.807) is 4.90 Å². The maximum absolute atomic E-state index is 13.8. The molecule has 1 saturated heterocycles. The topological polar surface area (TPSA) is 83.1 Å². The number of carbonyl (C=O) groups is 1. The molecule has 1 aliphatic heterocycles. The molecule has 2 aromatic heterocycles.